The fourth-order valence-corrected chi connectivity index (χ4v) is 3.25. The fraction of sp³-hybridized carbons (Fsp3) is 0.714. The van der Waals surface area contributed by atoms with Gasteiger partial charge in [0.2, 0.25) is 0 Å². The molecule has 0 aromatic heterocycles. The summed E-state index contributed by atoms with van der Waals surface area (Å²) in [6.45, 7) is 3.93. The molecule has 0 spiro atoms. The largest absolute Gasteiger partial charge is 0.481 e. The molecule has 2 rings (SSSR count). The number of nitrogens with zero attached hydrogens (tertiary/aromatic N) is 1. The van der Waals surface area contributed by atoms with E-state index in [1.54, 1.807) is 24.0 Å². The van der Waals surface area contributed by atoms with Crippen molar-refractivity contribution in [1.29, 1.82) is 0 Å². The van der Waals surface area contributed by atoms with E-state index in [0.717, 1.165) is 0 Å². The third kappa shape index (κ3) is 2.33. The van der Waals surface area contributed by atoms with Gasteiger partial charge in [-0.1, -0.05) is 12.2 Å². The lowest BCUT2D eigenvalue weighted by molar-refractivity contribution is -0.158. The number of carboxylic acids is 2. The summed E-state index contributed by atoms with van der Waals surface area (Å²) in [4.78, 5) is 25.0. The number of aliphatic carboxylic acids is 2. The minimum absolute atomic E-state index is 0.0112. The molecule has 1 fully saturated rings. The van der Waals surface area contributed by atoms with E-state index < -0.39 is 28.5 Å². The minimum Gasteiger partial charge on any atom is -0.481 e. The summed E-state index contributed by atoms with van der Waals surface area (Å²) in [5, 5.41) is 29.1. The van der Waals surface area contributed by atoms with Crippen LogP contribution in [0.1, 0.15) is 33.1 Å². The third-order valence-corrected chi connectivity index (χ3v) is 4.54. The van der Waals surface area contributed by atoms with Gasteiger partial charge in [-0.05, 0) is 33.1 Å². The first-order valence-electron chi connectivity index (χ1n) is 6.73. The molecule has 1 saturated heterocycles. The van der Waals surface area contributed by atoms with Gasteiger partial charge in [-0.25, -0.2) is 0 Å². The number of hydrogen-bond donors (Lipinski definition) is 3. The van der Waals surface area contributed by atoms with E-state index >= 15 is 0 Å². The van der Waals surface area contributed by atoms with Gasteiger partial charge in [0.05, 0.1) is 11.0 Å². The second kappa shape index (κ2) is 4.56. The Kier molecular flexibility index (Phi) is 3.42. The smallest absolute Gasteiger partial charge is 0.324 e. The Morgan fingerprint density at radius 3 is 2.30 bits per heavy atom. The van der Waals surface area contributed by atoms with Crippen LogP contribution in [-0.4, -0.2) is 56.4 Å². The average molecular weight is 283 g/mol. The van der Waals surface area contributed by atoms with Crippen LogP contribution >= 0.6 is 0 Å². The van der Waals surface area contributed by atoms with E-state index in [1.807, 2.05) is 0 Å². The minimum atomic E-state index is -1.25. The second-order valence-electron chi connectivity index (χ2n) is 6.51. The molecule has 6 heteroatoms. The Bertz CT molecular complexity index is 472. The van der Waals surface area contributed by atoms with E-state index in [9.17, 15) is 24.9 Å². The van der Waals surface area contributed by atoms with Gasteiger partial charge in [0.25, 0.3) is 0 Å². The first kappa shape index (κ1) is 15.0. The lowest BCUT2D eigenvalue weighted by Crippen LogP contribution is -2.58. The molecule has 1 aliphatic carbocycles. The number of hydrogen-bond acceptors (Lipinski definition) is 4. The number of rotatable bonds is 3. The standard InChI is InChI=1S/C14H21NO5/c1-12(10(16)17)4-3-5-14(8-12,11(18)19)15-7-6-13(2,20)9-15/h3-4,20H,5-9H2,1-2H3,(H,16,17)(H,18,19). The number of carbonyl (C=O) groups is 2. The molecule has 0 amide bonds. The molecule has 0 aromatic rings. The number of β-amino-alcohol motifs (C(OH)–C–C–N with tert-alkyl or cyclic N) is 1. The molecule has 0 aromatic carbocycles. The molecule has 3 unspecified atom stereocenters. The highest BCUT2D eigenvalue weighted by molar-refractivity contribution is 5.84. The van der Waals surface area contributed by atoms with Gasteiger partial charge < -0.3 is 15.3 Å². The lowest BCUT2D eigenvalue weighted by Gasteiger charge is -2.44. The Balaban J connectivity index is 2.36. The van der Waals surface area contributed by atoms with Crippen LogP contribution in [0, 0.1) is 5.41 Å². The van der Waals surface area contributed by atoms with Crippen molar-refractivity contribution in [3.8, 4) is 0 Å². The predicted molar refractivity (Wildman–Crippen MR) is 71.3 cm³/mol. The predicted octanol–water partition coefficient (Wildman–Crippen LogP) is 0.707. The van der Waals surface area contributed by atoms with Crippen molar-refractivity contribution >= 4 is 11.9 Å². The molecular formula is C14H21NO5. The zero-order chi connectivity index (χ0) is 15.2. The van der Waals surface area contributed by atoms with Crippen LogP contribution in [0.25, 0.3) is 0 Å². The summed E-state index contributed by atoms with van der Waals surface area (Å²) in [7, 11) is 0. The summed E-state index contributed by atoms with van der Waals surface area (Å²) >= 11 is 0. The van der Waals surface area contributed by atoms with Gasteiger partial charge in [0.1, 0.15) is 5.54 Å². The highest BCUT2D eigenvalue weighted by Gasteiger charge is 2.54. The Morgan fingerprint density at radius 2 is 1.85 bits per heavy atom. The summed E-state index contributed by atoms with van der Waals surface area (Å²) in [5.41, 5.74) is -3.35. The van der Waals surface area contributed by atoms with Crippen molar-refractivity contribution in [3.05, 3.63) is 12.2 Å². The highest BCUT2D eigenvalue weighted by atomic mass is 16.4. The average Bonchev–Trinajstić information content (AvgIpc) is 2.69. The van der Waals surface area contributed by atoms with Gasteiger partial charge in [-0.15, -0.1) is 0 Å². The van der Waals surface area contributed by atoms with E-state index in [1.165, 1.54) is 6.92 Å². The van der Waals surface area contributed by atoms with E-state index in [0.29, 0.717) is 13.0 Å². The summed E-state index contributed by atoms with van der Waals surface area (Å²) in [6, 6.07) is 0. The summed E-state index contributed by atoms with van der Waals surface area (Å²) in [5.74, 6) is -2.04. The molecule has 3 atom stereocenters. The zero-order valence-electron chi connectivity index (χ0n) is 11.8. The maximum Gasteiger partial charge on any atom is 0.324 e. The number of likely N-dealkylation sites (tertiary alicyclic amines) is 1. The van der Waals surface area contributed by atoms with Gasteiger partial charge >= 0.3 is 11.9 Å². The molecule has 112 valence electrons. The molecule has 1 heterocycles. The summed E-state index contributed by atoms with van der Waals surface area (Å²) in [6.07, 6.45) is 3.98. The molecule has 0 radical (unpaired) electrons. The molecule has 6 nitrogen and oxygen atoms in total. The Hall–Kier alpha value is -1.40. The van der Waals surface area contributed by atoms with Crippen molar-refractivity contribution in [2.75, 3.05) is 13.1 Å². The maximum absolute atomic E-state index is 11.8. The third-order valence-electron chi connectivity index (χ3n) is 4.54. The molecule has 0 saturated carbocycles. The molecule has 0 bridgehead atoms. The zero-order valence-corrected chi connectivity index (χ0v) is 11.8. The Labute approximate surface area is 117 Å². The number of carboxylic acid groups (broad SMARTS) is 2. The van der Waals surface area contributed by atoms with Crippen molar-refractivity contribution in [3.63, 3.8) is 0 Å². The molecule has 20 heavy (non-hydrogen) atoms. The molecule has 3 N–H and O–H groups in total. The van der Waals surface area contributed by atoms with Crippen molar-refractivity contribution in [2.45, 2.75) is 44.2 Å². The first-order valence-corrected chi connectivity index (χ1v) is 6.73. The maximum atomic E-state index is 11.8. The monoisotopic (exact) mass is 283 g/mol. The van der Waals surface area contributed by atoms with Crippen LogP contribution in [0.3, 0.4) is 0 Å². The SMILES string of the molecule is CC1(O)CCN(C2(C(=O)O)CC=CC(C)(C(=O)O)C2)C1. The quantitative estimate of drug-likeness (QED) is 0.660. The van der Waals surface area contributed by atoms with Crippen LogP contribution < -0.4 is 0 Å². The second-order valence-corrected chi connectivity index (χ2v) is 6.51. The van der Waals surface area contributed by atoms with Gasteiger partial charge in [-0.2, -0.15) is 0 Å². The van der Waals surface area contributed by atoms with Crippen molar-refractivity contribution in [2.24, 2.45) is 5.41 Å². The van der Waals surface area contributed by atoms with E-state index in [2.05, 4.69) is 0 Å². The van der Waals surface area contributed by atoms with Crippen molar-refractivity contribution in [1.82, 2.24) is 4.90 Å². The van der Waals surface area contributed by atoms with Gasteiger partial charge in [0, 0.05) is 13.1 Å². The lowest BCUT2D eigenvalue weighted by atomic mass is 9.70. The topological polar surface area (TPSA) is 98.1 Å². The van der Waals surface area contributed by atoms with Crippen molar-refractivity contribution < 1.29 is 24.9 Å². The number of aliphatic hydroxyl groups is 1. The van der Waals surface area contributed by atoms with Crippen LogP contribution in [0.15, 0.2) is 12.2 Å². The van der Waals surface area contributed by atoms with Gasteiger partial charge in [0.15, 0.2) is 0 Å². The van der Waals surface area contributed by atoms with E-state index in [4.69, 9.17) is 0 Å². The van der Waals surface area contributed by atoms with Crippen LogP contribution in [0.2, 0.25) is 0 Å². The first-order chi connectivity index (χ1) is 9.11. The van der Waals surface area contributed by atoms with Crippen LogP contribution in [0.4, 0.5) is 0 Å². The van der Waals surface area contributed by atoms with Crippen LogP contribution in [0.5, 0.6) is 0 Å². The normalized spacial score (nSPS) is 41.8. The van der Waals surface area contributed by atoms with Gasteiger partial charge in [-0.3, -0.25) is 14.5 Å². The molecule has 1 aliphatic heterocycles. The molecule has 2 aliphatic rings. The molecular weight excluding hydrogens is 262 g/mol. The highest BCUT2D eigenvalue weighted by Crippen LogP contribution is 2.43. The summed E-state index contributed by atoms with van der Waals surface area (Å²) < 4.78 is 0. The van der Waals surface area contributed by atoms with E-state index in [-0.39, 0.29) is 19.4 Å². The Morgan fingerprint density at radius 1 is 1.20 bits per heavy atom. The van der Waals surface area contributed by atoms with Crippen LogP contribution in [-0.2, 0) is 9.59 Å². The fourth-order valence-electron chi connectivity index (χ4n) is 3.25.